The van der Waals surface area contributed by atoms with Crippen molar-refractivity contribution < 1.29 is 9.90 Å². The molecule has 0 spiro atoms. The SMILES string of the molecule is CCN(C(=O)c1cc(I)ccc1O)c1ccccc1N. The minimum Gasteiger partial charge on any atom is -0.507 e. The van der Waals surface area contributed by atoms with E-state index < -0.39 is 0 Å². The standard InChI is InChI=1S/C15H15IN2O2/c1-2-18(13-6-4-3-5-12(13)17)15(20)11-9-10(16)7-8-14(11)19/h3-9,19H,2,17H2,1H3. The van der Waals surface area contributed by atoms with Gasteiger partial charge in [0.05, 0.1) is 16.9 Å². The zero-order valence-electron chi connectivity index (χ0n) is 11.0. The van der Waals surface area contributed by atoms with Crippen LogP contribution >= 0.6 is 22.6 Å². The zero-order chi connectivity index (χ0) is 14.7. The second kappa shape index (κ2) is 6.13. The van der Waals surface area contributed by atoms with Gasteiger partial charge in [0, 0.05) is 10.1 Å². The van der Waals surface area contributed by atoms with Gasteiger partial charge in [0.15, 0.2) is 0 Å². The van der Waals surface area contributed by atoms with E-state index in [2.05, 4.69) is 22.6 Å². The summed E-state index contributed by atoms with van der Waals surface area (Å²) in [5.74, 6) is -0.287. The second-order valence-electron chi connectivity index (χ2n) is 4.27. The molecule has 0 atom stereocenters. The van der Waals surface area contributed by atoms with Crippen LogP contribution < -0.4 is 10.6 Å². The van der Waals surface area contributed by atoms with Crippen LogP contribution in [0.4, 0.5) is 11.4 Å². The number of phenolic OH excluding ortho intramolecular Hbond substituents is 1. The van der Waals surface area contributed by atoms with Gasteiger partial charge in [-0.2, -0.15) is 0 Å². The summed E-state index contributed by atoms with van der Waals surface area (Å²) < 4.78 is 0.890. The number of aromatic hydroxyl groups is 1. The number of nitrogens with two attached hydrogens (primary N) is 1. The number of phenols is 1. The molecule has 0 saturated carbocycles. The molecule has 20 heavy (non-hydrogen) atoms. The van der Waals surface area contributed by atoms with Crippen LogP contribution in [-0.2, 0) is 0 Å². The van der Waals surface area contributed by atoms with E-state index in [9.17, 15) is 9.90 Å². The van der Waals surface area contributed by atoms with Crippen LogP contribution in [-0.4, -0.2) is 17.6 Å². The normalized spacial score (nSPS) is 10.3. The Labute approximate surface area is 131 Å². The first kappa shape index (κ1) is 14.6. The molecule has 0 aliphatic rings. The number of benzene rings is 2. The molecule has 2 aromatic rings. The van der Waals surface area contributed by atoms with Crippen LogP contribution in [0.15, 0.2) is 42.5 Å². The summed E-state index contributed by atoms with van der Waals surface area (Å²) in [5, 5.41) is 9.88. The molecule has 4 nitrogen and oxygen atoms in total. The quantitative estimate of drug-likeness (QED) is 0.633. The van der Waals surface area contributed by atoms with Crippen LogP contribution in [0, 0.1) is 3.57 Å². The number of para-hydroxylation sites is 2. The van der Waals surface area contributed by atoms with Crippen molar-refractivity contribution in [2.24, 2.45) is 0 Å². The average Bonchev–Trinajstić information content (AvgIpc) is 2.44. The largest absolute Gasteiger partial charge is 0.507 e. The van der Waals surface area contributed by atoms with Gasteiger partial charge in [-0.3, -0.25) is 4.79 Å². The van der Waals surface area contributed by atoms with Crippen molar-refractivity contribution in [3.05, 3.63) is 51.6 Å². The average molecular weight is 382 g/mol. The van der Waals surface area contributed by atoms with Gasteiger partial charge in [-0.15, -0.1) is 0 Å². The fourth-order valence-electron chi connectivity index (χ4n) is 1.98. The minimum absolute atomic E-state index is 0.0247. The van der Waals surface area contributed by atoms with Crippen LogP contribution in [0.2, 0.25) is 0 Å². The number of carbonyl (C=O) groups is 1. The van der Waals surface area contributed by atoms with E-state index in [0.29, 0.717) is 17.9 Å². The van der Waals surface area contributed by atoms with Crippen LogP contribution in [0.5, 0.6) is 5.75 Å². The third-order valence-electron chi connectivity index (χ3n) is 2.98. The molecule has 0 aromatic heterocycles. The minimum atomic E-state index is -0.263. The predicted molar refractivity (Wildman–Crippen MR) is 89.0 cm³/mol. The highest BCUT2D eigenvalue weighted by Gasteiger charge is 2.20. The van der Waals surface area contributed by atoms with Crippen molar-refractivity contribution in [1.82, 2.24) is 0 Å². The summed E-state index contributed by atoms with van der Waals surface area (Å²) in [6.07, 6.45) is 0. The summed E-state index contributed by atoms with van der Waals surface area (Å²) in [7, 11) is 0. The zero-order valence-corrected chi connectivity index (χ0v) is 13.2. The first-order valence-corrected chi connectivity index (χ1v) is 7.27. The second-order valence-corrected chi connectivity index (χ2v) is 5.52. The van der Waals surface area contributed by atoms with Crippen molar-refractivity contribution in [3.8, 4) is 5.75 Å². The maximum atomic E-state index is 12.6. The van der Waals surface area contributed by atoms with Crippen molar-refractivity contribution in [1.29, 1.82) is 0 Å². The van der Waals surface area contributed by atoms with Gasteiger partial charge in [-0.05, 0) is 59.8 Å². The van der Waals surface area contributed by atoms with Crippen molar-refractivity contribution >= 4 is 39.9 Å². The molecular formula is C15H15IN2O2. The topological polar surface area (TPSA) is 66.6 Å². The Hall–Kier alpha value is -1.76. The number of amides is 1. The van der Waals surface area contributed by atoms with E-state index in [0.717, 1.165) is 3.57 Å². The number of hydrogen-bond donors (Lipinski definition) is 2. The Morgan fingerprint density at radius 3 is 2.65 bits per heavy atom. The first-order valence-electron chi connectivity index (χ1n) is 6.19. The molecule has 0 fully saturated rings. The molecule has 5 heteroatoms. The van der Waals surface area contributed by atoms with E-state index in [-0.39, 0.29) is 17.2 Å². The lowest BCUT2D eigenvalue weighted by Gasteiger charge is -2.23. The number of halogens is 1. The van der Waals surface area contributed by atoms with Gasteiger partial charge in [-0.1, -0.05) is 12.1 Å². The first-order chi connectivity index (χ1) is 9.54. The molecular weight excluding hydrogens is 367 g/mol. The molecule has 0 aliphatic carbocycles. The smallest absolute Gasteiger partial charge is 0.262 e. The summed E-state index contributed by atoms with van der Waals surface area (Å²) in [4.78, 5) is 14.2. The molecule has 0 saturated heterocycles. The predicted octanol–water partition coefficient (Wildman–Crippen LogP) is 3.25. The number of rotatable bonds is 3. The van der Waals surface area contributed by atoms with Crippen molar-refractivity contribution in [2.45, 2.75) is 6.92 Å². The number of nitrogen functional groups attached to an aromatic ring is 1. The van der Waals surface area contributed by atoms with E-state index in [1.807, 2.05) is 19.1 Å². The van der Waals surface area contributed by atoms with Crippen molar-refractivity contribution in [3.63, 3.8) is 0 Å². The fraction of sp³-hybridized carbons (Fsp3) is 0.133. The number of carbonyl (C=O) groups excluding carboxylic acids is 1. The van der Waals surface area contributed by atoms with E-state index >= 15 is 0 Å². The Morgan fingerprint density at radius 2 is 2.00 bits per heavy atom. The molecule has 0 heterocycles. The summed E-state index contributed by atoms with van der Waals surface area (Å²) in [6.45, 7) is 2.34. The van der Waals surface area contributed by atoms with Crippen LogP contribution in [0.1, 0.15) is 17.3 Å². The van der Waals surface area contributed by atoms with Gasteiger partial charge >= 0.3 is 0 Å². The number of nitrogens with zero attached hydrogens (tertiary/aromatic N) is 1. The van der Waals surface area contributed by atoms with Crippen molar-refractivity contribution in [2.75, 3.05) is 17.2 Å². The van der Waals surface area contributed by atoms with Crippen LogP contribution in [0.3, 0.4) is 0 Å². The Balaban J connectivity index is 2.45. The summed E-state index contributed by atoms with van der Waals surface area (Å²) in [5.41, 5.74) is 7.39. The van der Waals surface area contributed by atoms with Gasteiger partial charge in [0.2, 0.25) is 0 Å². The molecule has 2 aromatic carbocycles. The lowest BCUT2D eigenvalue weighted by Crippen LogP contribution is -2.31. The van der Waals surface area contributed by atoms with Gasteiger partial charge in [0.25, 0.3) is 5.91 Å². The summed E-state index contributed by atoms with van der Waals surface area (Å²) >= 11 is 2.11. The highest BCUT2D eigenvalue weighted by Crippen LogP contribution is 2.27. The number of hydrogen-bond acceptors (Lipinski definition) is 3. The Kier molecular flexibility index (Phi) is 4.49. The Morgan fingerprint density at radius 1 is 1.30 bits per heavy atom. The van der Waals surface area contributed by atoms with E-state index in [1.54, 1.807) is 29.2 Å². The molecule has 104 valence electrons. The van der Waals surface area contributed by atoms with E-state index in [1.165, 1.54) is 6.07 Å². The van der Waals surface area contributed by atoms with E-state index in [4.69, 9.17) is 5.73 Å². The lowest BCUT2D eigenvalue weighted by atomic mass is 10.1. The lowest BCUT2D eigenvalue weighted by molar-refractivity contribution is 0.0986. The maximum Gasteiger partial charge on any atom is 0.262 e. The molecule has 0 bridgehead atoms. The Bertz CT molecular complexity index is 644. The molecule has 0 radical (unpaired) electrons. The third-order valence-corrected chi connectivity index (χ3v) is 3.65. The highest BCUT2D eigenvalue weighted by atomic mass is 127. The molecule has 0 unspecified atom stereocenters. The van der Waals surface area contributed by atoms with Gasteiger partial charge < -0.3 is 15.7 Å². The van der Waals surface area contributed by atoms with Crippen LogP contribution in [0.25, 0.3) is 0 Å². The maximum absolute atomic E-state index is 12.6. The molecule has 2 rings (SSSR count). The molecule has 3 N–H and O–H groups in total. The van der Waals surface area contributed by atoms with Gasteiger partial charge in [-0.25, -0.2) is 0 Å². The summed E-state index contributed by atoms with van der Waals surface area (Å²) in [6, 6.07) is 12.1. The number of anilines is 2. The fourth-order valence-corrected chi connectivity index (χ4v) is 2.47. The highest BCUT2D eigenvalue weighted by molar-refractivity contribution is 14.1. The third kappa shape index (κ3) is 2.87. The van der Waals surface area contributed by atoms with Gasteiger partial charge in [0.1, 0.15) is 5.75 Å². The molecule has 0 aliphatic heterocycles. The molecule has 1 amide bonds. The monoisotopic (exact) mass is 382 g/mol.